The van der Waals surface area contributed by atoms with E-state index >= 15 is 0 Å². The van der Waals surface area contributed by atoms with Crippen LogP contribution in [0.4, 0.5) is 0 Å². The molecule has 1 rings (SSSR count). The van der Waals surface area contributed by atoms with Crippen molar-refractivity contribution in [1.29, 1.82) is 0 Å². The Labute approximate surface area is 101 Å². The van der Waals surface area contributed by atoms with E-state index in [2.05, 4.69) is 0 Å². The lowest BCUT2D eigenvalue weighted by atomic mass is 10.1. The van der Waals surface area contributed by atoms with Gasteiger partial charge in [0.2, 0.25) is 5.91 Å². The Balaban J connectivity index is 2.58. The molecule has 0 unspecified atom stereocenters. The molecule has 0 aliphatic carbocycles. The highest BCUT2D eigenvalue weighted by Gasteiger charge is 2.06. The largest absolute Gasteiger partial charge is 0.478 e. The first-order valence-corrected chi connectivity index (χ1v) is 5.62. The number of carbonyl (C=O) groups is 2. The second kappa shape index (κ2) is 6.03. The van der Waals surface area contributed by atoms with Gasteiger partial charge in [-0.25, -0.2) is 4.79 Å². The molecule has 0 radical (unpaired) electrons. The quantitative estimate of drug-likeness (QED) is 0.846. The first-order valence-electron chi connectivity index (χ1n) is 5.62. The van der Waals surface area contributed by atoms with Gasteiger partial charge in [0, 0.05) is 20.0 Å². The van der Waals surface area contributed by atoms with E-state index in [1.807, 2.05) is 6.92 Å². The lowest BCUT2D eigenvalue weighted by Crippen LogP contribution is -2.30. The van der Waals surface area contributed by atoms with Gasteiger partial charge in [-0.05, 0) is 31.0 Å². The summed E-state index contributed by atoms with van der Waals surface area (Å²) in [6, 6.07) is 6.75. The number of likely N-dealkylation sites (N-methyl/N-ethyl adjacent to an activating group) is 1. The summed E-state index contributed by atoms with van der Waals surface area (Å²) in [6.07, 6.45) is 0.743. The Morgan fingerprint density at radius 3 is 2.24 bits per heavy atom. The molecule has 0 bridgehead atoms. The second-order valence-corrected chi connectivity index (χ2v) is 3.85. The van der Waals surface area contributed by atoms with Gasteiger partial charge in [0.25, 0.3) is 0 Å². The van der Waals surface area contributed by atoms with Crippen molar-refractivity contribution in [3.8, 4) is 0 Å². The molecule has 0 aliphatic heterocycles. The van der Waals surface area contributed by atoms with Gasteiger partial charge in [-0.1, -0.05) is 12.1 Å². The van der Waals surface area contributed by atoms with E-state index in [4.69, 9.17) is 5.11 Å². The third-order valence-electron chi connectivity index (χ3n) is 2.70. The number of nitrogens with zero attached hydrogens (tertiary/aromatic N) is 1. The number of carbonyl (C=O) groups excluding carboxylic acids is 1. The number of hydrogen-bond donors (Lipinski definition) is 1. The molecule has 17 heavy (non-hydrogen) atoms. The lowest BCUT2D eigenvalue weighted by Gasteiger charge is -2.18. The van der Waals surface area contributed by atoms with Crippen LogP contribution in [0.3, 0.4) is 0 Å². The first-order chi connectivity index (χ1) is 8.04. The molecule has 1 aromatic carbocycles. The minimum absolute atomic E-state index is 0.0645. The zero-order valence-corrected chi connectivity index (χ0v) is 10.1. The van der Waals surface area contributed by atoms with Gasteiger partial charge < -0.3 is 10.0 Å². The summed E-state index contributed by atoms with van der Waals surface area (Å²) in [5.41, 5.74) is 1.32. The van der Waals surface area contributed by atoms with Gasteiger partial charge in [-0.3, -0.25) is 4.79 Å². The smallest absolute Gasteiger partial charge is 0.335 e. The third kappa shape index (κ3) is 3.90. The molecule has 0 saturated carbocycles. The van der Waals surface area contributed by atoms with Crippen LogP contribution in [-0.4, -0.2) is 35.0 Å². The highest BCUT2D eigenvalue weighted by Crippen LogP contribution is 2.06. The first kappa shape index (κ1) is 13.2. The van der Waals surface area contributed by atoms with E-state index in [-0.39, 0.29) is 11.5 Å². The van der Waals surface area contributed by atoms with E-state index in [0.29, 0.717) is 13.1 Å². The highest BCUT2D eigenvalue weighted by atomic mass is 16.4. The summed E-state index contributed by atoms with van der Waals surface area (Å²) < 4.78 is 0. The predicted octanol–water partition coefficient (Wildman–Crippen LogP) is 1.80. The second-order valence-electron chi connectivity index (χ2n) is 3.85. The van der Waals surface area contributed by atoms with Crippen LogP contribution >= 0.6 is 0 Å². The molecule has 1 N–H and O–H groups in total. The van der Waals surface area contributed by atoms with Gasteiger partial charge in [0.1, 0.15) is 0 Å². The van der Waals surface area contributed by atoms with E-state index < -0.39 is 5.97 Å². The zero-order chi connectivity index (χ0) is 12.8. The molecule has 4 nitrogen and oxygen atoms in total. The number of carboxylic acid groups (broad SMARTS) is 1. The van der Waals surface area contributed by atoms with Crippen LogP contribution in [0.1, 0.15) is 29.8 Å². The van der Waals surface area contributed by atoms with Crippen molar-refractivity contribution in [2.75, 3.05) is 13.1 Å². The average Bonchev–Trinajstić information content (AvgIpc) is 2.30. The minimum Gasteiger partial charge on any atom is -0.478 e. The van der Waals surface area contributed by atoms with Crippen LogP contribution in [0.25, 0.3) is 0 Å². The van der Waals surface area contributed by atoms with Crippen molar-refractivity contribution in [2.45, 2.75) is 20.3 Å². The molecule has 0 aromatic heterocycles. The molecule has 0 fully saturated rings. The van der Waals surface area contributed by atoms with Crippen molar-refractivity contribution < 1.29 is 14.7 Å². The number of rotatable bonds is 5. The molecule has 0 heterocycles. The average molecular weight is 235 g/mol. The fourth-order valence-corrected chi connectivity index (χ4v) is 1.62. The number of carboxylic acids is 1. The minimum atomic E-state index is -0.921. The SMILES string of the molecule is CCN(CCc1ccc(C(=O)O)cc1)C(C)=O. The van der Waals surface area contributed by atoms with Crippen LogP contribution in [-0.2, 0) is 11.2 Å². The fraction of sp³-hybridized carbons (Fsp3) is 0.385. The van der Waals surface area contributed by atoms with Crippen LogP contribution < -0.4 is 0 Å². The maximum atomic E-state index is 11.2. The fourth-order valence-electron chi connectivity index (χ4n) is 1.62. The molecule has 0 spiro atoms. The van der Waals surface area contributed by atoms with Crippen molar-refractivity contribution in [3.05, 3.63) is 35.4 Å². The van der Waals surface area contributed by atoms with Gasteiger partial charge in [0.15, 0.2) is 0 Å². The van der Waals surface area contributed by atoms with E-state index in [0.717, 1.165) is 12.0 Å². The summed E-state index contributed by atoms with van der Waals surface area (Å²) in [4.78, 5) is 23.6. The van der Waals surface area contributed by atoms with E-state index in [9.17, 15) is 9.59 Å². The molecular weight excluding hydrogens is 218 g/mol. The van der Waals surface area contributed by atoms with Gasteiger partial charge in [-0.15, -0.1) is 0 Å². The molecule has 92 valence electrons. The molecule has 0 aliphatic rings. The molecule has 0 atom stereocenters. The van der Waals surface area contributed by atoms with Crippen LogP contribution in [0.5, 0.6) is 0 Å². The molecule has 1 amide bonds. The predicted molar refractivity (Wildman–Crippen MR) is 65.0 cm³/mol. The van der Waals surface area contributed by atoms with Crippen molar-refractivity contribution in [3.63, 3.8) is 0 Å². The van der Waals surface area contributed by atoms with Crippen molar-refractivity contribution in [2.24, 2.45) is 0 Å². The Morgan fingerprint density at radius 1 is 1.24 bits per heavy atom. The van der Waals surface area contributed by atoms with Crippen LogP contribution in [0, 0.1) is 0 Å². The van der Waals surface area contributed by atoms with Gasteiger partial charge >= 0.3 is 5.97 Å². The van der Waals surface area contributed by atoms with Crippen LogP contribution in [0.15, 0.2) is 24.3 Å². The number of amides is 1. The monoisotopic (exact) mass is 235 g/mol. The summed E-state index contributed by atoms with van der Waals surface area (Å²) in [5.74, 6) is -0.856. The molecule has 4 heteroatoms. The Morgan fingerprint density at radius 2 is 1.82 bits per heavy atom. The summed E-state index contributed by atoms with van der Waals surface area (Å²) in [5, 5.41) is 8.75. The number of benzene rings is 1. The van der Waals surface area contributed by atoms with Gasteiger partial charge in [-0.2, -0.15) is 0 Å². The van der Waals surface area contributed by atoms with E-state index in [1.165, 1.54) is 0 Å². The highest BCUT2D eigenvalue weighted by molar-refractivity contribution is 5.87. The van der Waals surface area contributed by atoms with Gasteiger partial charge in [0.05, 0.1) is 5.56 Å². The lowest BCUT2D eigenvalue weighted by molar-refractivity contribution is -0.128. The van der Waals surface area contributed by atoms with E-state index in [1.54, 1.807) is 36.1 Å². The van der Waals surface area contributed by atoms with Crippen LogP contribution in [0.2, 0.25) is 0 Å². The maximum absolute atomic E-state index is 11.2. The summed E-state index contributed by atoms with van der Waals surface area (Å²) in [6.45, 7) is 4.85. The molecule has 1 aromatic rings. The Kier molecular flexibility index (Phi) is 4.69. The topological polar surface area (TPSA) is 57.6 Å². The standard InChI is InChI=1S/C13H17NO3/c1-3-14(10(2)15)9-8-11-4-6-12(7-5-11)13(16)17/h4-7H,3,8-9H2,1-2H3,(H,16,17). The Hall–Kier alpha value is -1.84. The Bertz CT molecular complexity index is 398. The zero-order valence-electron chi connectivity index (χ0n) is 10.1. The van der Waals surface area contributed by atoms with Crippen molar-refractivity contribution in [1.82, 2.24) is 4.90 Å². The number of aromatic carboxylic acids is 1. The number of hydrogen-bond acceptors (Lipinski definition) is 2. The van der Waals surface area contributed by atoms with Crippen molar-refractivity contribution >= 4 is 11.9 Å². The summed E-state index contributed by atoms with van der Waals surface area (Å²) >= 11 is 0. The maximum Gasteiger partial charge on any atom is 0.335 e. The molecule has 0 saturated heterocycles. The third-order valence-corrected chi connectivity index (χ3v) is 2.70. The molecular formula is C13H17NO3. The normalized spacial score (nSPS) is 10.0. The summed E-state index contributed by atoms with van der Waals surface area (Å²) in [7, 11) is 0.